The second kappa shape index (κ2) is 10.3. The summed E-state index contributed by atoms with van der Waals surface area (Å²) in [5, 5.41) is 19.8. The van der Waals surface area contributed by atoms with Crippen LogP contribution in [0.1, 0.15) is 24.0 Å². The number of phenols is 2. The van der Waals surface area contributed by atoms with Crippen LogP contribution in [0.3, 0.4) is 0 Å². The number of rotatable bonds is 11. The highest BCUT2D eigenvalue weighted by molar-refractivity contribution is 6.73. The summed E-state index contributed by atoms with van der Waals surface area (Å²) < 4.78 is 12.0. The Morgan fingerprint density at radius 1 is 0.643 bits per heavy atom. The molecule has 0 unspecified atom stereocenters. The van der Waals surface area contributed by atoms with Crippen LogP contribution in [0.4, 0.5) is 0 Å². The van der Waals surface area contributed by atoms with E-state index in [9.17, 15) is 10.2 Å². The standard InChI is InChI=1S/C22H34O4Si2/c1-27(2,17-9-13-19-11-5-7-15-21(19)23)25-26-28(3,4)18-10-14-20-12-6-8-16-22(20)24/h5-8,11-12,15-16,23-24H,9-10,13-14,17-18H2,1-4H3. The van der Waals surface area contributed by atoms with Gasteiger partial charge in [-0.1, -0.05) is 36.4 Å². The van der Waals surface area contributed by atoms with Crippen LogP contribution in [0.5, 0.6) is 11.5 Å². The van der Waals surface area contributed by atoms with Crippen molar-refractivity contribution in [2.45, 2.75) is 64.0 Å². The number of benzene rings is 2. The highest BCUT2D eigenvalue weighted by Crippen LogP contribution is 2.25. The van der Waals surface area contributed by atoms with Gasteiger partial charge in [0.25, 0.3) is 0 Å². The van der Waals surface area contributed by atoms with Gasteiger partial charge >= 0.3 is 0 Å². The van der Waals surface area contributed by atoms with Crippen molar-refractivity contribution in [2.24, 2.45) is 0 Å². The molecule has 154 valence electrons. The normalized spacial score (nSPS) is 12.3. The summed E-state index contributed by atoms with van der Waals surface area (Å²) in [5.74, 6) is 0.745. The molecule has 0 aliphatic heterocycles. The van der Waals surface area contributed by atoms with Gasteiger partial charge in [0, 0.05) is 0 Å². The smallest absolute Gasteiger partial charge is 0.231 e. The van der Waals surface area contributed by atoms with Gasteiger partial charge in [-0.2, -0.15) is 0 Å². The molecule has 2 rings (SSSR count). The lowest BCUT2D eigenvalue weighted by Gasteiger charge is -2.28. The Bertz CT molecular complexity index is 683. The number of aromatic hydroxyl groups is 2. The molecule has 0 spiro atoms. The first-order valence-corrected chi connectivity index (χ1v) is 16.3. The molecule has 0 aromatic heterocycles. The zero-order valence-corrected chi connectivity index (χ0v) is 19.6. The third kappa shape index (κ3) is 7.79. The number of hydrogen-bond donors (Lipinski definition) is 2. The van der Waals surface area contributed by atoms with Crippen LogP contribution >= 0.6 is 0 Å². The van der Waals surface area contributed by atoms with Gasteiger partial charge in [-0.3, -0.25) is 9.15 Å². The monoisotopic (exact) mass is 418 g/mol. The summed E-state index contributed by atoms with van der Waals surface area (Å²) in [6, 6.07) is 17.0. The Balaban J connectivity index is 1.72. The number of hydrogen-bond acceptors (Lipinski definition) is 4. The molecule has 0 aliphatic carbocycles. The molecule has 28 heavy (non-hydrogen) atoms. The number of aryl methyl sites for hydroxylation is 2. The number of para-hydroxylation sites is 2. The van der Waals surface area contributed by atoms with E-state index in [0.717, 1.165) is 48.9 Å². The van der Waals surface area contributed by atoms with E-state index in [1.165, 1.54) is 0 Å². The van der Waals surface area contributed by atoms with Crippen LogP contribution in [-0.2, 0) is 22.0 Å². The van der Waals surface area contributed by atoms with Crippen molar-refractivity contribution < 1.29 is 19.4 Å². The minimum absolute atomic E-state index is 0.372. The fourth-order valence-electron chi connectivity index (χ4n) is 3.16. The maximum Gasteiger partial charge on any atom is 0.231 e. The number of phenolic OH excluding ortho intramolecular Hbond substituents is 2. The molecule has 0 bridgehead atoms. The zero-order chi connectivity index (χ0) is 20.6. The van der Waals surface area contributed by atoms with Gasteiger partial charge in [-0.25, -0.2) is 0 Å². The van der Waals surface area contributed by atoms with Gasteiger partial charge in [0.05, 0.1) is 0 Å². The van der Waals surface area contributed by atoms with Gasteiger partial charge in [0.15, 0.2) is 0 Å². The Morgan fingerprint density at radius 3 is 1.36 bits per heavy atom. The van der Waals surface area contributed by atoms with Crippen molar-refractivity contribution in [2.75, 3.05) is 0 Å². The minimum atomic E-state index is -1.91. The van der Waals surface area contributed by atoms with E-state index >= 15 is 0 Å². The van der Waals surface area contributed by atoms with Crippen LogP contribution in [0.2, 0.25) is 38.3 Å². The summed E-state index contributed by atoms with van der Waals surface area (Å²) in [4.78, 5) is 0. The molecular formula is C22H34O4Si2. The van der Waals surface area contributed by atoms with E-state index in [0.29, 0.717) is 11.5 Å². The van der Waals surface area contributed by atoms with Gasteiger partial charge in [0.1, 0.15) is 11.5 Å². The first-order valence-electron chi connectivity index (χ1n) is 10.1. The fraction of sp³-hybridized carbons (Fsp3) is 0.455. The Morgan fingerprint density at radius 2 is 1.00 bits per heavy atom. The van der Waals surface area contributed by atoms with Crippen molar-refractivity contribution in [3.8, 4) is 11.5 Å². The van der Waals surface area contributed by atoms with Crippen LogP contribution < -0.4 is 0 Å². The van der Waals surface area contributed by atoms with E-state index in [1.807, 2.05) is 36.4 Å². The van der Waals surface area contributed by atoms with Gasteiger partial charge < -0.3 is 10.2 Å². The van der Waals surface area contributed by atoms with Crippen molar-refractivity contribution in [1.29, 1.82) is 0 Å². The zero-order valence-electron chi connectivity index (χ0n) is 17.6. The maximum atomic E-state index is 9.88. The first kappa shape index (κ1) is 22.7. The highest BCUT2D eigenvalue weighted by atomic mass is 28.4. The molecule has 0 amide bonds. The molecule has 4 nitrogen and oxygen atoms in total. The highest BCUT2D eigenvalue weighted by Gasteiger charge is 2.30. The molecule has 0 atom stereocenters. The lowest BCUT2D eigenvalue weighted by molar-refractivity contribution is -0.125. The van der Waals surface area contributed by atoms with E-state index in [1.54, 1.807) is 12.1 Å². The Kier molecular flexibility index (Phi) is 8.30. The molecule has 2 N–H and O–H groups in total. The Hall–Kier alpha value is -1.61. The topological polar surface area (TPSA) is 58.9 Å². The van der Waals surface area contributed by atoms with Crippen molar-refractivity contribution in [3.05, 3.63) is 59.7 Å². The second-order valence-electron chi connectivity index (χ2n) is 8.65. The molecule has 0 saturated carbocycles. The van der Waals surface area contributed by atoms with Gasteiger partial charge in [-0.15, -0.1) is 0 Å². The molecular weight excluding hydrogens is 384 g/mol. The average molecular weight is 419 g/mol. The molecule has 0 radical (unpaired) electrons. The van der Waals surface area contributed by atoms with Gasteiger partial charge in [-0.05, 0) is 87.2 Å². The lowest BCUT2D eigenvalue weighted by Crippen LogP contribution is -2.38. The maximum absolute atomic E-state index is 9.88. The third-order valence-electron chi connectivity index (χ3n) is 4.93. The average Bonchev–Trinajstić information content (AvgIpc) is 2.63. The molecule has 0 fully saturated rings. The van der Waals surface area contributed by atoms with Crippen LogP contribution in [0, 0.1) is 0 Å². The summed E-state index contributed by atoms with van der Waals surface area (Å²) >= 11 is 0. The van der Waals surface area contributed by atoms with Gasteiger partial charge in [0.2, 0.25) is 16.6 Å². The predicted octanol–water partition coefficient (Wildman–Crippen LogP) is 6.02. The van der Waals surface area contributed by atoms with Crippen molar-refractivity contribution in [3.63, 3.8) is 0 Å². The molecule has 0 aliphatic rings. The van der Waals surface area contributed by atoms with Crippen molar-refractivity contribution >= 4 is 16.6 Å². The predicted molar refractivity (Wildman–Crippen MR) is 120 cm³/mol. The van der Waals surface area contributed by atoms with E-state index < -0.39 is 16.6 Å². The molecule has 2 aromatic carbocycles. The minimum Gasteiger partial charge on any atom is -0.508 e. The Labute approximate surface area is 171 Å². The van der Waals surface area contributed by atoms with Crippen LogP contribution in [0.15, 0.2) is 48.5 Å². The third-order valence-corrected chi connectivity index (χ3v) is 9.28. The van der Waals surface area contributed by atoms with Crippen LogP contribution in [-0.4, -0.2) is 26.8 Å². The van der Waals surface area contributed by atoms with E-state index in [2.05, 4.69) is 26.2 Å². The molecule has 6 heteroatoms. The summed E-state index contributed by atoms with van der Waals surface area (Å²) in [5.41, 5.74) is 1.99. The summed E-state index contributed by atoms with van der Waals surface area (Å²) in [6.45, 7) is 8.74. The second-order valence-corrected chi connectivity index (χ2v) is 17.0. The summed E-state index contributed by atoms with van der Waals surface area (Å²) in [7, 11) is -3.81. The SMILES string of the molecule is C[Si](C)(CCCc1ccccc1O)OO[Si](C)(C)CCCc1ccccc1O. The van der Waals surface area contributed by atoms with Crippen LogP contribution in [0.25, 0.3) is 0 Å². The quantitative estimate of drug-likeness (QED) is 0.266. The molecule has 0 saturated heterocycles. The molecule has 0 heterocycles. The molecule has 2 aromatic rings. The van der Waals surface area contributed by atoms with E-state index in [4.69, 9.17) is 9.15 Å². The lowest BCUT2D eigenvalue weighted by atomic mass is 10.1. The van der Waals surface area contributed by atoms with Crippen molar-refractivity contribution in [1.82, 2.24) is 0 Å². The van der Waals surface area contributed by atoms with E-state index in [-0.39, 0.29) is 0 Å². The summed E-state index contributed by atoms with van der Waals surface area (Å²) in [6.07, 6.45) is 3.67. The fourth-order valence-corrected chi connectivity index (χ4v) is 7.19. The first-order chi connectivity index (χ1) is 13.2. The largest absolute Gasteiger partial charge is 0.508 e.